The zero-order valence-corrected chi connectivity index (χ0v) is 15.5. The van der Waals surface area contributed by atoms with E-state index in [1.807, 2.05) is 42.5 Å². The molecule has 0 aromatic heterocycles. The maximum Gasteiger partial charge on any atom is 0.162 e. The minimum Gasteiger partial charge on any atom is -0.485 e. The third-order valence-corrected chi connectivity index (χ3v) is 4.84. The summed E-state index contributed by atoms with van der Waals surface area (Å²) < 4.78 is 12.2. The molecule has 0 spiro atoms. The van der Waals surface area contributed by atoms with Gasteiger partial charge in [-0.1, -0.05) is 66.7 Å². The van der Waals surface area contributed by atoms with Crippen molar-refractivity contribution in [1.29, 1.82) is 0 Å². The van der Waals surface area contributed by atoms with Crippen molar-refractivity contribution in [2.45, 2.75) is 26.2 Å². The zero-order valence-electron chi connectivity index (χ0n) is 15.5. The molecule has 0 amide bonds. The predicted molar refractivity (Wildman–Crippen MR) is 108 cm³/mol. The van der Waals surface area contributed by atoms with Gasteiger partial charge in [0.15, 0.2) is 11.5 Å². The van der Waals surface area contributed by atoms with Crippen molar-refractivity contribution >= 4 is 0 Å². The molecule has 0 radical (unpaired) electrons. The minimum atomic E-state index is 0.536. The lowest BCUT2D eigenvalue weighted by molar-refractivity contribution is 0.172. The first-order valence-electron chi connectivity index (χ1n) is 9.55. The Bertz CT molecular complexity index is 845. The largest absolute Gasteiger partial charge is 0.485 e. The Morgan fingerprint density at radius 3 is 1.78 bits per heavy atom. The third kappa shape index (κ3) is 4.89. The molecule has 0 saturated carbocycles. The first-order chi connectivity index (χ1) is 13.4. The number of nitrogens with zero attached hydrogens (tertiary/aromatic N) is 1. The fourth-order valence-electron chi connectivity index (χ4n) is 3.15. The number of ether oxygens (including phenoxy) is 2. The molecule has 1 heterocycles. The van der Waals surface area contributed by atoms with Crippen molar-refractivity contribution in [2.75, 3.05) is 13.1 Å². The van der Waals surface area contributed by atoms with Crippen LogP contribution in [-0.2, 0) is 19.8 Å². The summed E-state index contributed by atoms with van der Waals surface area (Å²) in [6.45, 7) is 4.42. The first kappa shape index (κ1) is 17.6. The molecule has 1 saturated heterocycles. The van der Waals surface area contributed by atoms with Crippen LogP contribution >= 0.6 is 0 Å². The van der Waals surface area contributed by atoms with Gasteiger partial charge >= 0.3 is 0 Å². The molecule has 4 rings (SSSR count). The van der Waals surface area contributed by atoms with Crippen LogP contribution in [-0.4, -0.2) is 18.0 Å². The van der Waals surface area contributed by atoms with Crippen LogP contribution in [0.2, 0.25) is 0 Å². The van der Waals surface area contributed by atoms with Gasteiger partial charge in [0.05, 0.1) is 0 Å². The van der Waals surface area contributed by atoms with Gasteiger partial charge in [0, 0.05) is 6.54 Å². The van der Waals surface area contributed by atoms with Gasteiger partial charge in [-0.2, -0.15) is 0 Å². The Hall–Kier alpha value is -2.78. The van der Waals surface area contributed by atoms with Crippen LogP contribution in [0.25, 0.3) is 0 Å². The summed E-state index contributed by atoms with van der Waals surface area (Å²) in [5.41, 5.74) is 3.57. The van der Waals surface area contributed by atoms with Gasteiger partial charge in [-0.3, -0.25) is 4.90 Å². The Morgan fingerprint density at radius 2 is 1.22 bits per heavy atom. The van der Waals surface area contributed by atoms with E-state index < -0.39 is 0 Å². The molecule has 3 heteroatoms. The van der Waals surface area contributed by atoms with Crippen LogP contribution in [0, 0.1) is 0 Å². The summed E-state index contributed by atoms with van der Waals surface area (Å²) in [6.07, 6.45) is 1.30. The van der Waals surface area contributed by atoms with Gasteiger partial charge in [0.25, 0.3) is 0 Å². The monoisotopic (exact) mass is 359 g/mol. The zero-order chi connectivity index (χ0) is 18.3. The van der Waals surface area contributed by atoms with Crippen molar-refractivity contribution in [3.05, 3.63) is 95.6 Å². The highest BCUT2D eigenvalue weighted by molar-refractivity contribution is 5.43. The molecule has 1 aliphatic heterocycles. The predicted octanol–water partition coefficient (Wildman–Crippen LogP) is 5.05. The molecule has 0 bridgehead atoms. The standard InChI is InChI=1S/C24H25NO2/c1-3-8-20(9-4-1)18-26-23-13-12-22(17-25-14-7-15-25)16-24(23)27-19-21-10-5-2-6-11-21/h1-6,8-13,16H,7,14-15,17-19H2. The molecule has 138 valence electrons. The maximum absolute atomic E-state index is 6.14. The maximum atomic E-state index is 6.14. The van der Waals surface area contributed by atoms with Crippen LogP contribution in [0.15, 0.2) is 78.9 Å². The Kier molecular flexibility index (Phi) is 5.70. The normalized spacial score (nSPS) is 13.8. The first-order valence-corrected chi connectivity index (χ1v) is 9.55. The van der Waals surface area contributed by atoms with Crippen LogP contribution in [0.1, 0.15) is 23.1 Å². The summed E-state index contributed by atoms with van der Waals surface area (Å²) >= 11 is 0. The molecule has 0 atom stereocenters. The smallest absolute Gasteiger partial charge is 0.162 e. The molecule has 3 aromatic carbocycles. The second kappa shape index (κ2) is 8.74. The van der Waals surface area contributed by atoms with Gasteiger partial charge < -0.3 is 9.47 Å². The second-order valence-electron chi connectivity index (χ2n) is 6.96. The van der Waals surface area contributed by atoms with E-state index >= 15 is 0 Å². The van der Waals surface area contributed by atoms with E-state index in [9.17, 15) is 0 Å². The molecule has 27 heavy (non-hydrogen) atoms. The van der Waals surface area contributed by atoms with Gasteiger partial charge in [-0.05, 0) is 48.3 Å². The molecule has 0 aliphatic carbocycles. The Morgan fingerprint density at radius 1 is 0.630 bits per heavy atom. The Labute approximate surface area is 161 Å². The van der Waals surface area contributed by atoms with Gasteiger partial charge in [0.1, 0.15) is 13.2 Å². The molecule has 1 fully saturated rings. The summed E-state index contributed by atoms with van der Waals surface area (Å²) in [5, 5.41) is 0. The van der Waals surface area contributed by atoms with Crippen LogP contribution < -0.4 is 9.47 Å². The van der Waals surface area contributed by atoms with E-state index in [-0.39, 0.29) is 0 Å². The molecular formula is C24H25NO2. The van der Waals surface area contributed by atoms with E-state index in [4.69, 9.17) is 9.47 Å². The van der Waals surface area contributed by atoms with E-state index in [2.05, 4.69) is 41.3 Å². The van der Waals surface area contributed by atoms with Gasteiger partial charge in [-0.25, -0.2) is 0 Å². The van der Waals surface area contributed by atoms with Crippen LogP contribution in [0.5, 0.6) is 11.5 Å². The molecule has 0 unspecified atom stereocenters. The third-order valence-electron chi connectivity index (χ3n) is 4.84. The fraction of sp³-hybridized carbons (Fsp3) is 0.250. The van der Waals surface area contributed by atoms with Crippen molar-refractivity contribution < 1.29 is 9.47 Å². The number of hydrogen-bond acceptors (Lipinski definition) is 3. The summed E-state index contributed by atoms with van der Waals surface area (Å²) in [4.78, 5) is 2.45. The molecular weight excluding hydrogens is 334 g/mol. The lowest BCUT2D eigenvalue weighted by Crippen LogP contribution is -2.36. The quantitative estimate of drug-likeness (QED) is 0.562. The number of benzene rings is 3. The van der Waals surface area contributed by atoms with Gasteiger partial charge in [0.2, 0.25) is 0 Å². The van der Waals surface area contributed by atoms with Crippen molar-refractivity contribution in [3.63, 3.8) is 0 Å². The minimum absolute atomic E-state index is 0.536. The average Bonchev–Trinajstić information content (AvgIpc) is 2.70. The average molecular weight is 359 g/mol. The van der Waals surface area contributed by atoms with Gasteiger partial charge in [-0.15, -0.1) is 0 Å². The molecule has 1 aliphatic rings. The highest BCUT2D eigenvalue weighted by Crippen LogP contribution is 2.31. The topological polar surface area (TPSA) is 21.7 Å². The fourth-order valence-corrected chi connectivity index (χ4v) is 3.15. The second-order valence-corrected chi connectivity index (χ2v) is 6.96. The highest BCUT2D eigenvalue weighted by atomic mass is 16.5. The lowest BCUT2D eigenvalue weighted by Gasteiger charge is -2.30. The van der Waals surface area contributed by atoms with Crippen LogP contribution in [0.3, 0.4) is 0 Å². The van der Waals surface area contributed by atoms with E-state index in [1.165, 1.54) is 25.1 Å². The van der Waals surface area contributed by atoms with E-state index in [0.717, 1.165) is 29.2 Å². The van der Waals surface area contributed by atoms with Crippen LogP contribution in [0.4, 0.5) is 0 Å². The van der Waals surface area contributed by atoms with E-state index in [1.54, 1.807) is 0 Å². The van der Waals surface area contributed by atoms with Crippen molar-refractivity contribution in [1.82, 2.24) is 4.90 Å². The number of rotatable bonds is 8. The highest BCUT2D eigenvalue weighted by Gasteiger charge is 2.15. The SMILES string of the molecule is c1ccc(COc2ccc(CN3CCC3)cc2OCc2ccccc2)cc1. The molecule has 0 N–H and O–H groups in total. The lowest BCUT2D eigenvalue weighted by atomic mass is 10.1. The molecule has 3 aromatic rings. The number of hydrogen-bond donors (Lipinski definition) is 0. The van der Waals surface area contributed by atoms with Crippen molar-refractivity contribution in [2.24, 2.45) is 0 Å². The summed E-state index contributed by atoms with van der Waals surface area (Å²) in [6, 6.07) is 26.8. The summed E-state index contributed by atoms with van der Waals surface area (Å²) in [5.74, 6) is 1.61. The Balaban J connectivity index is 1.48. The molecule has 3 nitrogen and oxygen atoms in total. The summed E-state index contributed by atoms with van der Waals surface area (Å²) in [7, 11) is 0. The number of likely N-dealkylation sites (tertiary alicyclic amines) is 1. The van der Waals surface area contributed by atoms with Crippen molar-refractivity contribution in [3.8, 4) is 11.5 Å². The van der Waals surface area contributed by atoms with E-state index in [0.29, 0.717) is 13.2 Å².